The van der Waals surface area contributed by atoms with E-state index in [1.807, 2.05) is 30.3 Å². The van der Waals surface area contributed by atoms with Crippen LogP contribution in [0.1, 0.15) is 23.4 Å². The molecule has 0 aliphatic carbocycles. The first-order valence-corrected chi connectivity index (χ1v) is 15.1. The molecular formula is C28H30ClN3O7S2. The average Bonchev–Trinajstić information content (AvgIpc) is 3.44. The fraction of sp³-hybridized carbons (Fsp3) is 0.250. The van der Waals surface area contributed by atoms with Gasteiger partial charge < -0.3 is 19.3 Å². The van der Waals surface area contributed by atoms with E-state index in [1.54, 1.807) is 35.6 Å². The number of aromatic nitrogens is 1. The van der Waals surface area contributed by atoms with Crippen LogP contribution in [0.15, 0.2) is 75.7 Å². The number of aromatic amines is 1. The van der Waals surface area contributed by atoms with Gasteiger partial charge in [0.25, 0.3) is 0 Å². The van der Waals surface area contributed by atoms with Crippen molar-refractivity contribution in [3.63, 3.8) is 0 Å². The first kappa shape index (κ1) is 32.0. The number of methoxy groups -OCH3 is 1. The number of para-hydroxylation sites is 1. The molecule has 218 valence electrons. The maximum absolute atomic E-state index is 12.8. The van der Waals surface area contributed by atoms with Gasteiger partial charge in [0.1, 0.15) is 23.0 Å². The number of aldehydes is 1. The van der Waals surface area contributed by atoms with Crippen LogP contribution < -0.4 is 15.0 Å². The van der Waals surface area contributed by atoms with E-state index in [-0.39, 0.29) is 21.4 Å². The van der Waals surface area contributed by atoms with Crippen LogP contribution in [0.2, 0.25) is 5.02 Å². The molecule has 0 fully saturated rings. The van der Waals surface area contributed by atoms with E-state index in [9.17, 15) is 22.8 Å². The maximum atomic E-state index is 12.8. The Morgan fingerprint density at radius 2 is 1.93 bits per heavy atom. The summed E-state index contributed by atoms with van der Waals surface area (Å²) in [6, 6.07) is 15.0. The summed E-state index contributed by atoms with van der Waals surface area (Å²) in [4.78, 5) is 39.7. The Morgan fingerprint density at radius 3 is 2.59 bits per heavy atom. The summed E-state index contributed by atoms with van der Waals surface area (Å²) < 4.78 is 38.1. The molecule has 2 aromatic carbocycles. The molecule has 0 saturated carbocycles. The molecule has 10 nitrogen and oxygen atoms in total. The maximum Gasteiger partial charge on any atom is 0.320 e. The highest BCUT2D eigenvalue weighted by molar-refractivity contribution is 7.89. The SMILES string of the molecule is CCOC(=O)CN(C)Cc1cccs1.COc1ccccc1C(C=O)NS(=O)(=O)c1cc2ccc(=O)[nH]c2cc1Cl. The van der Waals surface area contributed by atoms with Gasteiger partial charge in [-0.1, -0.05) is 35.9 Å². The van der Waals surface area contributed by atoms with E-state index in [1.165, 1.54) is 36.3 Å². The number of carbonyl (C=O) groups excluding carboxylic acids is 2. The first-order valence-electron chi connectivity index (χ1n) is 12.4. The van der Waals surface area contributed by atoms with E-state index in [0.717, 1.165) is 6.54 Å². The Labute approximate surface area is 246 Å². The number of likely N-dealkylation sites (N-methyl/N-ethyl adjacent to an activating group) is 1. The summed E-state index contributed by atoms with van der Waals surface area (Å²) in [7, 11) is -0.798. The number of nitrogens with zero attached hydrogens (tertiary/aromatic N) is 1. The Hall–Kier alpha value is -3.55. The molecule has 0 aliphatic rings. The molecule has 41 heavy (non-hydrogen) atoms. The molecule has 0 spiro atoms. The zero-order valence-corrected chi connectivity index (χ0v) is 25.0. The second kappa shape index (κ2) is 14.9. The third kappa shape index (κ3) is 8.97. The molecule has 4 rings (SSSR count). The number of hydrogen-bond acceptors (Lipinski definition) is 9. The lowest BCUT2D eigenvalue weighted by atomic mass is 10.1. The Balaban J connectivity index is 0.000000278. The fourth-order valence-electron chi connectivity index (χ4n) is 3.83. The molecular weight excluding hydrogens is 590 g/mol. The second-order valence-corrected chi connectivity index (χ2v) is 11.8. The van der Waals surface area contributed by atoms with Gasteiger partial charge in [-0.2, -0.15) is 4.72 Å². The number of H-pyrrole nitrogens is 1. The summed E-state index contributed by atoms with van der Waals surface area (Å²) in [6.45, 7) is 3.42. The van der Waals surface area contributed by atoms with Gasteiger partial charge in [0, 0.05) is 28.6 Å². The summed E-state index contributed by atoms with van der Waals surface area (Å²) in [6.07, 6.45) is 0.474. The van der Waals surface area contributed by atoms with Gasteiger partial charge in [0.05, 0.1) is 25.3 Å². The van der Waals surface area contributed by atoms with Crippen molar-refractivity contribution in [1.82, 2.24) is 14.6 Å². The van der Waals surface area contributed by atoms with Gasteiger partial charge in [-0.05, 0) is 55.1 Å². The molecule has 0 amide bonds. The topological polar surface area (TPSA) is 135 Å². The number of pyridine rings is 1. The number of thiophene rings is 1. The van der Waals surface area contributed by atoms with Gasteiger partial charge in [-0.3, -0.25) is 14.5 Å². The standard InChI is InChI=1S/C18H15ClN2O5S.C10H15NO2S/c1-26-16-5-3-2-4-12(16)15(10-22)21-27(24,25)17-8-11-6-7-18(23)20-14(11)9-13(17)19;1-3-13-10(12)8-11(2)7-9-5-4-6-14-9/h2-10,15,21H,1H3,(H,20,23);4-6H,3,7-8H2,1-2H3. The highest BCUT2D eigenvalue weighted by atomic mass is 35.5. The largest absolute Gasteiger partial charge is 0.496 e. The Bertz CT molecular complexity index is 1640. The summed E-state index contributed by atoms with van der Waals surface area (Å²) >= 11 is 7.81. The van der Waals surface area contributed by atoms with Crippen LogP contribution in [0.25, 0.3) is 10.9 Å². The van der Waals surface area contributed by atoms with E-state index in [0.29, 0.717) is 41.7 Å². The van der Waals surface area contributed by atoms with Crippen molar-refractivity contribution in [2.24, 2.45) is 0 Å². The molecule has 1 atom stereocenters. The quantitative estimate of drug-likeness (QED) is 0.189. The van der Waals surface area contributed by atoms with Crippen LogP contribution in [-0.4, -0.2) is 57.9 Å². The Morgan fingerprint density at radius 1 is 1.17 bits per heavy atom. The van der Waals surface area contributed by atoms with Crippen molar-refractivity contribution in [3.8, 4) is 5.75 Å². The number of fused-ring (bicyclic) bond motifs is 1. The smallest absolute Gasteiger partial charge is 0.320 e. The molecule has 0 bridgehead atoms. The number of nitrogens with one attached hydrogen (secondary N) is 2. The minimum absolute atomic E-state index is 0.0819. The van der Waals surface area contributed by atoms with Crippen LogP contribution in [0.5, 0.6) is 5.75 Å². The molecule has 2 aromatic heterocycles. The minimum Gasteiger partial charge on any atom is -0.496 e. The van der Waals surface area contributed by atoms with Crippen LogP contribution >= 0.6 is 22.9 Å². The number of sulfonamides is 1. The monoisotopic (exact) mass is 619 g/mol. The van der Waals surface area contributed by atoms with E-state index in [2.05, 4.69) is 15.8 Å². The average molecular weight is 620 g/mol. The first-order chi connectivity index (χ1) is 19.6. The highest BCUT2D eigenvalue weighted by Gasteiger charge is 2.25. The molecule has 1 unspecified atom stereocenters. The number of halogens is 1. The van der Waals surface area contributed by atoms with Gasteiger partial charge >= 0.3 is 5.97 Å². The van der Waals surface area contributed by atoms with Gasteiger partial charge in [0.2, 0.25) is 15.6 Å². The van der Waals surface area contributed by atoms with Crippen molar-refractivity contribution in [2.45, 2.75) is 24.4 Å². The summed E-state index contributed by atoms with van der Waals surface area (Å²) in [5, 5.41) is 2.44. The van der Waals surface area contributed by atoms with Crippen molar-refractivity contribution >= 4 is 56.1 Å². The fourth-order valence-corrected chi connectivity index (χ4v) is 6.33. The number of rotatable bonds is 11. The van der Waals surface area contributed by atoms with E-state index < -0.39 is 16.1 Å². The van der Waals surface area contributed by atoms with Gasteiger partial charge in [-0.15, -0.1) is 11.3 Å². The molecule has 0 aliphatic heterocycles. The molecule has 0 saturated heterocycles. The van der Waals surface area contributed by atoms with Crippen molar-refractivity contribution in [2.75, 3.05) is 27.3 Å². The third-order valence-electron chi connectivity index (χ3n) is 5.67. The number of ether oxygens (including phenoxy) is 2. The van der Waals surface area contributed by atoms with Crippen LogP contribution in [0.4, 0.5) is 0 Å². The van der Waals surface area contributed by atoms with Gasteiger partial charge in [0.15, 0.2) is 0 Å². The number of hydrogen-bond donors (Lipinski definition) is 2. The number of carbonyl (C=O) groups is 2. The van der Waals surface area contributed by atoms with Gasteiger partial charge in [-0.25, -0.2) is 8.42 Å². The molecule has 2 N–H and O–H groups in total. The Kier molecular flexibility index (Phi) is 11.6. The molecule has 4 aromatic rings. The highest BCUT2D eigenvalue weighted by Crippen LogP contribution is 2.29. The summed E-state index contributed by atoms with van der Waals surface area (Å²) in [5.74, 6) is 0.214. The van der Waals surface area contributed by atoms with Crippen LogP contribution in [0, 0.1) is 0 Å². The second-order valence-electron chi connectivity index (χ2n) is 8.73. The lowest BCUT2D eigenvalue weighted by Gasteiger charge is -2.17. The lowest BCUT2D eigenvalue weighted by molar-refractivity contribution is -0.144. The van der Waals surface area contributed by atoms with E-state index in [4.69, 9.17) is 21.1 Å². The minimum atomic E-state index is -4.14. The molecule has 0 radical (unpaired) electrons. The number of benzene rings is 2. The normalized spacial score (nSPS) is 11.9. The third-order valence-corrected chi connectivity index (χ3v) is 8.44. The predicted octanol–water partition coefficient (Wildman–Crippen LogP) is 4.15. The number of esters is 1. The van der Waals surface area contributed by atoms with Crippen molar-refractivity contribution < 1.29 is 27.5 Å². The van der Waals surface area contributed by atoms with Crippen molar-refractivity contribution in [3.05, 3.63) is 91.9 Å². The van der Waals surface area contributed by atoms with E-state index >= 15 is 0 Å². The molecule has 13 heteroatoms. The zero-order valence-electron chi connectivity index (χ0n) is 22.6. The van der Waals surface area contributed by atoms with Crippen molar-refractivity contribution in [1.29, 1.82) is 0 Å². The zero-order chi connectivity index (χ0) is 30.0. The lowest BCUT2D eigenvalue weighted by Crippen LogP contribution is -2.30. The van der Waals surface area contributed by atoms with Crippen LogP contribution in [-0.2, 0) is 30.9 Å². The summed E-state index contributed by atoms with van der Waals surface area (Å²) in [5.41, 5.74) is 0.451. The molecule has 2 heterocycles. The van der Waals surface area contributed by atoms with Crippen LogP contribution in [0.3, 0.4) is 0 Å². The predicted molar refractivity (Wildman–Crippen MR) is 159 cm³/mol.